The molecule has 0 spiro atoms. The first-order valence-electron chi connectivity index (χ1n) is 8.61. The number of rotatable bonds is 6. The van der Waals surface area contributed by atoms with Gasteiger partial charge in [0.25, 0.3) is 0 Å². The van der Waals surface area contributed by atoms with Crippen LogP contribution in [-0.2, 0) is 11.2 Å². The van der Waals surface area contributed by atoms with Gasteiger partial charge in [-0.2, -0.15) is 0 Å². The van der Waals surface area contributed by atoms with Gasteiger partial charge in [0.2, 0.25) is 5.91 Å². The number of halogens is 1. The smallest absolute Gasteiger partial charge is 0.224 e. The van der Waals surface area contributed by atoms with Crippen molar-refractivity contribution in [3.8, 4) is 11.4 Å². The predicted octanol–water partition coefficient (Wildman–Crippen LogP) is 3.39. The van der Waals surface area contributed by atoms with Crippen LogP contribution in [0.4, 0.5) is 10.1 Å². The number of aromatic nitrogens is 4. The topological polar surface area (TPSA) is 72.7 Å². The van der Waals surface area contributed by atoms with E-state index in [1.165, 1.54) is 12.1 Å². The van der Waals surface area contributed by atoms with Gasteiger partial charge in [-0.05, 0) is 71.7 Å². The Hall–Kier alpha value is -3.09. The van der Waals surface area contributed by atoms with E-state index in [9.17, 15) is 9.18 Å². The van der Waals surface area contributed by atoms with Crippen molar-refractivity contribution in [1.29, 1.82) is 0 Å². The Labute approximate surface area is 150 Å². The lowest BCUT2D eigenvalue weighted by Crippen LogP contribution is -2.12. The molecule has 1 heterocycles. The summed E-state index contributed by atoms with van der Waals surface area (Å²) in [7, 11) is 0. The second kappa shape index (κ2) is 7.03. The number of amides is 1. The Morgan fingerprint density at radius 1 is 1.12 bits per heavy atom. The van der Waals surface area contributed by atoms with E-state index >= 15 is 0 Å². The summed E-state index contributed by atoms with van der Waals surface area (Å²) < 4.78 is 14.7. The van der Waals surface area contributed by atoms with Gasteiger partial charge < -0.3 is 5.32 Å². The molecule has 0 saturated heterocycles. The summed E-state index contributed by atoms with van der Waals surface area (Å²) in [5, 5.41) is 14.8. The van der Waals surface area contributed by atoms with E-state index in [1.807, 2.05) is 28.9 Å². The summed E-state index contributed by atoms with van der Waals surface area (Å²) >= 11 is 0. The van der Waals surface area contributed by atoms with E-state index in [2.05, 4.69) is 20.8 Å². The maximum absolute atomic E-state index is 12.9. The van der Waals surface area contributed by atoms with Gasteiger partial charge in [0.15, 0.2) is 5.82 Å². The molecule has 0 bridgehead atoms. The van der Waals surface area contributed by atoms with Gasteiger partial charge in [-0.3, -0.25) is 4.79 Å². The van der Waals surface area contributed by atoms with Crippen LogP contribution >= 0.6 is 0 Å². The minimum atomic E-state index is -0.272. The van der Waals surface area contributed by atoms with Crippen LogP contribution in [0.3, 0.4) is 0 Å². The first-order valence-corrected chi connectivity index (χ1v) is 8.61. The molecule has 0 aliphatic heterocycles. The Kier molecular flexibility index (Phi) is 4.43. The molecule has 1 saturated carbocycles. The molecule has 1 aromatic heterocycles. The molecule has 1 aliphatic rings. The molecule has 1 N–H and O–H groups in total. The highest BCUT2D eigenvalue weighted by Gasteiger charge is 2.28. The molecular formula is C19H18FN5O. The lowest BCUT2D eigenvalue weighted by atomic mass is 10.1. The van der Waals surface area contributed by atoms with Crippen LogP contribution in [0.1, 0.15) is 30.9 Å². The molecule has 0 radical (unpaired) electrons. The fraction of sp³-hybridized carbons (Fsp3) is 0.263. The molecule has 1 fully saturated rings. The summed E-state index contributed by atoms with van der Waals surface area (Å²) in [4.78, 5) is 12.1. The monoisotopic (exact) mass is 351 g/mol. The van der Waals surface area contributed by atoms with Crippen LogP contribution < -0.4 is 5.32 Å². The maximum Gasteiger partial charge on any atom is 0.224 e. The van der Waals surface area contributed by atoms with Crippen molar-refractivity contribution in [1.82, 2.24) is 20.2 Å². The summed E-state index contributed by atoms with van der Waals surface area (Å²) in [5.41, 5.74) is 2.58. The Bertz CT molecular complexity index is 900. The Morgan fingerprint density at radius 3 is 2.54 bits per heavy atom. The number of benzene rings is 2. The van der Waals surface area contributed by atoms with Gasteiger partial charge in [0, 0.05) is 17.7 Å². The van der Waals surface area contributed by atoms with Gasteiger partial charge in [-0.1, -0.05) is 12.1 Å². The van der Waals surface area contributed by atoms with E-state index in [0.29, 0.717) is 18.9 Å². The lowest BCUT2D eigenvalue weighted by Gasteiger charge is -2.07. The molecule has 7 heteroatoms. The van der Waals surface area contributed by atoms with Crippen molar-refractivity contribution in [3.05, 3.63) is 59.9 Å². The van der Waals surface area contributed by atoms with Crippen molar-refractivity contribution in [2.24, 2.45) is 0 Å². The first-order chi connectivity index (χ1) is 12.7. The van der Waals surface area contributed by atoms with Crippen molar-refractivity contribution < 1.29 is 9.18 Å². The molecule has 2 aromatic carbocycles. The summed E-state index contributed by atoms with van der Waals surface area (Å²) in [6, 6.07) is 14.1. The zero-order valence-corrected chi connectivity index (χ0v) is 14.1. The third-order valence-corrected chi connectivity index (χ3v) is 4.37. The van der Waals surface area contributed by atoms with Crippen LogP contribution in [0, 0.1) is 5.82 Å². The highest BCUT2D eigenvalue weighted by molar-refractivity contribution is 5.91. The van der Waals surface area contributed by atoms with Crippen molar-refractivity contribution in [2.75, 3.05) is 5.32 Å². The average molecular weight is 351 g/mol. The largest absolute Gasteiger partial charge is 0.326 e. The highest BCUT2D eigenvalue weighted by atomic mass is 19.1. The molecular weight excluding hydrogens is 333 g/mol. The van der Waals surface area contributed by atoms with Crippen LogP contribution in [0.15, 0.2) is 48.5 Å². The van der Waals surface area contributed by atoms with E-state index in [0.717, 1.165) is 35.5 Å². The van der Waals surface area contributed by atoms with Gasteiger partial charge in [0.05, 0.1) is 6.04 Å². The van der Waals surface area contributed by atoms with E-state index in [1.54, 1.807) is 12.1 Å². The maximum atomic E-state index is 12.9. The number of tetrazole rings is 1. The zero-order valence-electron chi connectivity index (χ0n) is 14.1. The van der Waals surface area contributed by atoms with Crippen molar-refractivity contribution in [2.45, 2.75) is 31.7 Å². The van der Waals surface area contributed by atoms with Gasteiger partial charge in [-0.25, -0.2) is 9.07 Å². The standard InChI is InChI=1S/C19H18FN5O/c20-15-6-1-13(2-7-15)3-12-18(26)21-16-8-4-14(5-9-16)19-22-23-24-25(19)17-10-11-17/h1-2,4-9,17H,3,10-12H2,(H,21,26). The third-order valence-electron chi connectivity index (χ3n) is 4.37. The fourth-order valence-electron chi connectivity index (χ4n) is 2.78. The fourth-order valence-corrected chi connectivity index (χ4v) is 2.78. The molecule has 6 nitrogen and oxygen atoms in total. The third kappa shape index (κ3) is 3.77. The predicted molar refractivity (Wildman–Crippen MR) is 94.9 cm³/mol. The number of carbonyl (C=O) groups excluding carboxylic acids is 1. The van der Waals surface area contributed by atoms with Crippen molar-refractivity contribution >= 4 is 11.6 Å². The normalized spacial score (nSPS) is 13.6. The molecule has 1 amide bonds. The molecule has 4 rings (SSSR count). The second-order valence-electron chi connectivity index (χ2n) is 6.43. The van der Waals surface area contributed by atoms with Gasteiger partial charge >= 0.3 is 0 Å². The summed E-state index contributed by atoms with van der Waals surface area (Å²) in [6.45, 7) is 0. The van der Waals surface area contributed by atoms with Crippen LogP contribution in [0.2, 0.25) is 0 Å². The van der Waals surface area contributed by atoms with Gasteiger partial charge in [-0.15, -0.1) is 5.10 Å². The number of carbonyl (C=O) groups is 1. The second-order valence-corrected chi connectivity index (χ2v) is 6.43. The SMILES string of the molecule is O=C(CCc1ccc(F)cc1)Nc1ccc(-c2nnnn2C2CC2)cc1. The van der Waals surface area contributed by atoms with Gasteiger partial charge in [0.1, 0.15) is 5.82 Å². The Morgan fingerprint density at radius 2 is 1.85 bits per heavy atom. The summed E-state index contributed by atoms with van der Waals surface area (Å²) in [5.74, 6) is 0.401. The minimum absolute atomic E-state index is 0.0788. The van der Waals surface area contributed by atoms with E-state index in [-0.39, 0.29) is 11.7 Å². The average Bonchev–Trinajstić information content (AvgIpc) is 3.39. The molecule has 132 valence electrons. The van der Waals surface area contributed by atoms with Crippen LogP contribution in [0.25, 0.3) is 11.4 Å². The minimum Gasteiger partial charge on any atom is -0.326 e. The first kappa shape index (κ1) is 16.4. The number of hydrogen-bond donors (Lipinski definition) is 1. The van der Waals surface area contributed by atoms with Crippen molar-refractivity contribution in [3.63, 3.8) is 0 Å². The molecule has 3 aromatic rings. The van der Waals surface area contributed by atoms with Crippen LogP contribution in [0.5, 0.6) is 0 Å². The number of nitrogens with zero attached hydrogens (tertiary/aromatic N) is 4. The number of nitrogens with one attached hydrogen (secondary N) is 1. The van der Waals surface area contributed by atoms with E-state index < -0.39 is 0 Å². The summed E-state index contributed by atoms with van der Waals surface area (Å²) in [6.07, 6.45) is 3.13. The molecule has 0 unspecified atom stereocenters. The van der Waals surface area contributed by atoms with Crippen LogP contribution in [-0.4, -0.2) is 26.1 Å². The number of aryl methyl sites for hydroxylation is 1. The molecule has 26 heavy (non-hydrogen) atoms. The lowest BCUT2D eigenvalue weighted by molar-refractivity contribution is -0.116. The highest BCUT2D eigenvalue weighted by Crippen LogP contribution is 2.36. The molecule has 0 atom stereocenters. The molecule has 1 aliphatic carbocycles. The number of hydrogen-bond acceptors (Lipinski definition) is 4. The zero-order chi connectivity index (χ0) is 17.9. The number of anilines is 1. The van der Waals surface area contributed by atoms with E-state index in [4.69, 9.17) is 0 Å². The quantitative estimate of drug-likeness (QED) is 0.739. The Balaban J connectivity index is 1.35.